The molecule has 1 amide bonds. The van der Waals surface area contributed by atoms with Crippen LogP contribution in [-0.2, 0) is 11.2 Å². The van der Waals surface area contributed by atoms with Gasteiger partial charge in [0.2, 0.25) is 5.91 Å². The van der Waals surface area contributed by atoms with Crippen LogP contribution in [0.3, 0.4) is 0 Å². The maximum Gasteiger partial charge on any atom is 0.227 e. The number of piperidine rings is 1. The van der Waals surface area contributed by atoms with Crippen molar-refractivity contribution < 1.29 is 4.79 Å². The van der Waals surface area contributed by atoms with Gasteiger partial charge < -0.3 is 4.90 Å². The Balaban J connectivity index is 1.65. The van der Waals surface area contributed by atoms with Crippen LogP contribution in [0.15, 0.2) is 54.7 Å². The minimum atomic E-state index is 0.231. The zero-order valence-electron chi connectivity index (χ0n) is 13.7. The lowest BCUT2D eigenvalue weighted by Gasteiger charge is -2.26. The number of benzene rings is 2. The lowest BCUT2D eigenvalue weighted by atomic mass is 10.0. The third-order valence-electron chi connectivity index (χ3n) is 4.76. The van der Waals surface area contributed by atoms with Crippen molar-refractivity contribution in [1.29, 1.82) is 0 Å². The zero-order valence-corrected chi connectivity index (χ0v) is 13.7. The summed E-state index contributed by atoms with van der Waals surface area (Å²) in [6.45, 7) is 1.80. The molecule has 1 fully saturated rings. The average molecular weight is 319 g/mol. The normalized spacial score (nSPS) is 14.9. The van der Waals surface area contributed by atoms with Crippen molar-refractivity contribution in [2.45, 2.75) is 25.7 Å². The van der Waals surface area contributed by atoms with Gasteiger partial charge in [0.1, 0.15) is 0 Å². The van der Waals surface area contributed by atoms with Gasteiger partial charge in [0.05, 0.1) is 23.8 Å². The largest absolute Gasteiger partial charge is 0.342 e. The van der Waals surface area contributed by atoms with E-state index < -0.39 is 0 Å². The molecule has 4 rings (SSSR count). The average Bonchev–Trinajstić information content (AvgIpc) is 3.08. The fourth-order valence-electron chi connectivity index (χ4n) is 3.46. The summed E-state index contributed by atoms with van der Waals surface area (Å²) in [4.78, 5) is 14.6. The Hall–Kier alpha value is -2.62. The Morgan fingerprint density at radius 1 is 0.958 bits per heavy atom. The van der Waals surface area contributed by atoms with Crippen LogP contribution in [0.2, 0.25) is 0 Å². The molecule has 0 N–H and O–H groups in total. The van der Waals surface area contributed by atoms with Crippen LogP contribution in [0, 0.1) is 0 Å². The van der Waals surface area contributed by atoms with Crippen molar-refractivity contribution in [3.63, 3.8) is 0 Å². The smallest absolute Gasteiger partial charge is 0.227 e. The van der Waals surface area contributed by atoms with Crippen molar-refractivity contribution in [2.24, 2.45) is 0 Å². The van der Waals surface area contributed by atoms with E-state index in [0.29, 0.717) is 6.42 Å². The van der Waals surface area contributed by atoms with E-state index in [1.54, 1.807) is 0 Å². The van der Waals surface area contributed by atoms with Gasteiger partial charge in [-0.15, -0.1) is 0 Å². The molecule has 2 heterocycles. The van der Waals surface area contributed by atoms with E-state index in [0.717, 1.165) is 48.1 Å². The fourth-order valence-corrected chi connectivity index (χ4v) is 3.46. The molecule has 3 aromatic rings. The van der Waals surface area contributed by atoms with Crippen LogP contribution < -0.4 is 0 Å². The van der Waals surface area contributed by atoms with Gasteiger partial charge in [0.15, 0.2) is 0 Å². The van der Waals surface area contributed by atoms with Crippen molar-refractivity contribution in [1.82, 2.24) is 14.7 Å². The highest BCUT2D eigenvalue weighted by Gasteiger charge is 2.18. The van der Waals surface area contributed by atoms with Crippen molar-refractivity contribution in [3.05, 3.63) is 60.3 Å². The molecule has 0 saturated carbocycles. The second kappa shape index (κ2) is 6.48. The molecule has 0 spiro atoms. The summed E-state index contributed by atoms with van der Waals surface area (Å²) in [7, 11) is 0. The summed E-state index contributed by atoms with van der Waals surface area (Å²) in [5.41, 5.74) is 3.14. The first-order chi connectivity index (χ1) is 11.8. The molecule has 24 heavy (non-hydrogen) atoms. The Bertz CT molecular complexity index is 848. The van der Waals surface area contributed by atoms with Gasteiger partial charge in [0.25, 0.3) is 0 Å². The highest BCUT2D eigenvalue weighted by molar-refractivity contribution is 5.89. The van der Waals surface area contributed by atoms with Gasteiger partial charge in [-0.3, -0.25) is 4.79 Å². The molecule has 0 aliphatic carbocycles. The molecule has 1 aliphatic rings. The minimum Gasteiger partial charge on any atom is -0.342 e. The lowest BCUT2D eigenvalue weighted by molar-refractivity contribution is -0.131. The Labute approximate surface area is 141 Å². The first kappa shape index (κ1) is 14.9. The maximum atomic E-state index is 12.6. The number of fused-ring (bicyclic) bond motifs is 1. The number of amides is 1. The van der Waals surface area contributed by atoms with E-state index in [9.17, 15) is 4.79 Å². The highest BCUT2D eigenvalue weighted by atomic mass is 16.2. The fraction of sp³-hybridized carbons (Fsp3) is 0.300. The van der Waals surface area contributed by atoms with Crippen LogP contribution in [0.4, 0.5) is 0 Å². The van der Waals surface area contributed by atoms with E-state index in [1.807, 2.05) is 58.2 Å². The SMILES string of the molecule is O=C(Cc1cccc2c1cnn2-c1ccccc1)N1CCCCC1. The third kappa shape index (κ3) is 2.80. The second-order valence-corrected chi connectivity index (χ2v) is 6.36. The molecule has 1 aliphatic heterocycles. The highest BCUT2D eigenvalue weighted by Crippen LogP contribution is 2.23. The molecule has 0 atom stereocenters. The lowest BCUT2D eigenvalue weighted by Crippen LogP contribution is -2.36. The summed E-state index contributed by atoms with van der Waals surface area (Å²) in [6.07, 6.45) is 5.83. The number of para-hydroxylation sites is 1. The summed E-state index contributed by atoms with van der Waals surface area (Å²) in [5.74, 6) is 0.231. The zero-order chi connectivity index (χ0) is 16.4. The van der Waals surface area contributed by atoms with Gasteiger partial charge in [-0.05, 0) is 43.0 Å². The van der Waals surface area contributed by atoms with Crippen LogP contribution in [-0.4, -0.2) is 33.7 Å². The molecule has 0 bridgehead atoms. The molecule has 122 valence electrons. The molecule has 4 nitrogen and oxygen atoms in total. The van der Waals surface area contributed by atoms with Crippen LogP contribution >= 0.6 is 0 Å². The molecule has 0 radical (unpaired) electrons. The summed E-state index contributed by atoms with van der Waals surface area (Å²) < 4.78 is 1.93. The van der Waals surface area contributed by atoms with Crippen molar-refractivity contribution >= 4 is 16.8 Å². The second-order valence-electron chi connectivity index (χ2n) is 6.36. The molecule has 1 aromatic heterocycles. The number of nitrogens with zero attached hydrogens (tertiary/aromatic N) is 3. The number of hydrogen-bond donors (Lipinski definition) is 0. The number of carbonyl (C=O) groups excluding carboxylic acids is 1. The van der Waals surface area contributed by atoms with Crippen LogP contribution in [0.1, 0.15) is 24.8 Å². The van der Waals surface area contributed by atoms with E-state index in [4.69, 9.17) is 0 Å². The summed E-state index contributed by atoms with van der Waals surface area (Å²) >= 11 is 0. The molecule has 4 heteroatoms. The van der Waals surface area contributed by atoms with Crippen LogP contribution in [0.5, 0.6) is 0 Å². The third-order valence-corrected chi connectivity index (χ3v) is 4.76. The minimum absolute atomic E-state index is 0.231. The molecule has 0 unspecified atom stereocenters. The predicted octanol–water partition coefficient (Wildman–Crippen LogP) is 3.58. The molecular weight excluding hydrogens is 298 g/mol. The number of carbonyl (C=O) groups is 1. The number of aromatic nitrogens is 2. The Morgan fingerprint density at radius 2 is 1.75 bits per heavy atom. The maximum absolute atomic E-state index is 12.6. The number of rotatable bonds is 3. The number of likely N-dealkylation sites (tertiary alicyclic amines) is 1. The topological polar surface area (TPSA) is 38.1 Å². The summed E-state index contributed by atoms with van der Waals surface area (Å²) in [6, 6.07) is 16.2. The van der Waals surface area contributed by atoms with Crippen molar-refractivity contribution in [2.75, 3.05) is 13.1 Å². The van der Waals surface area contributed by atoms with Gasteiger partial charge in [0, 0.05) is 18.5 Å². The van der Waals surface area contributed by atoms with E-state index in [1.165, 1.54) is 6.42 Å². The van der Waals surface area contributed by atoms with E-state index in [-0.39, 0.29) is 5.91 Å². The van der Waals surface area contributed by atoms with Crippen LogP contribution in [0.25, 0.3) is 16.6 Å². The molecular formula is C20H21N3O. The monoisotopic (exact) mass is 319 g/mol. The first-order valence-electron chi connectivity index (χ1n) is 8.62. The van der Waals surface area contributed by atoms with Gasteiger partial charge in [-0.1, -0.05) is 30.3 Å². The van der Waals surface area contributed by atoms with E-state index >= 15 is 0 Å². The number of hydrogen-bond acceptors (Lipinski definition) is 2. The van der Waals surface area contributed by atoms with Gasteiger partial charge >= 0.3 is 0 Å². The van der Waals surface area contributed by atoms with E-state index in [2.05, 4.69) is 11.2 Å². The molecule has 1 saturated heterocycles. The van der Waals surface area contributed by atoms with Crippen molar-refractivity contribution in [3.8, 4) is 5.69 Å². The Morgan fingerprint density at radius 3 is 2.54 bits per heavy atom. The Kier molecular flexibility index (Phi) is 4.03. The quantitative estimate of drug-likeness (QED) is 0.740. The van der Waals surface area contributed by atoms with Gasteiger partial charge in [-0.2, -0.15) is 5.10 Å². The predicted molar refractivity (Wildman–Crippen MR) is 95.2 cm³/mol. The summed E-state index contributed by atoms with van der Waals surface area (Å²) in [5, 5.41) is 5.60. The first-order valence-corrected chi connectivity index (χ1v) is 8.62. The van der Waals surface area contributed by atoms with Gasteiger partial charge in [-0.25, -0.2) is 4.68 Å². The molecule has 2 aromatic carbocycles. The standard InChI is InChI=1S/C20H21N3O/c24-20(22-12-5-2-6-13-22)14-16-8-7-11-19-18(16)15-21-23(19)17-9-3-1-4-10-17/h1,3-4,7-11,15H,2,5-6,12-14H2.